The Morgan fingerprint density at radius 2 is 2.36 bits per heavy atom. The van der Waals surface area contributed by atoms with Gasteiger partial charge in [-0.3, -0.25) is 10.2 Å². The van der Waals surface area contributed by atoms with Gasteiger partial charge in [0.1, 0.15) is 5.75 Å². The van der Waals surface area contributed by atoms with E-state index in [1.54, 1.807) is 13.2 Å². The molecule has 0 radical (unpaired) electrons. The van der Waals surface area contributed by atoms with E-state index in [0.29, 0.717) is 0 Å². The third-order valence-corrected chi connectivity index (χ3v) is 1.66. The van der Waals surface area contributed by atoms with E-state index in [0.717, 1.165) is 11.3 Å². The van der Waals surface area contributed by atoms with Gasteiger partial charge in [-0.05, 0) is 23.8 Å². The van der Waals surface area contributed by atoms with Gasteiger partial charge in [0.2, 0.25) is 0 Å². The minimum atomic E-state index is -0.340. The van der Waals surface area contributed by atoms with E-state index in [1.807, 2.05) is 29.7 Å². The molecule has 0 bridgehead atoms. The summed E-state index contributed by atoms with van der Waals surface area (Å²) in [6, 6.07) is 7.36. The zero-order chi connectivity index (χ0) is 10.4. The fourth-order valence-corrected chi connectivity index (χ4v) is 0.965. The van der Waals surface area contributed by atoms with E-state index >= 15 is 0 Å². The number of carbonyl (C=O) groups is 1. The van der Waals surface area contributed by atoms with Gasteiger partial charge < -0.3 is 4.74 Å². The summed E-state index contributed by atoms with van der Waals surface area (Å²) in [7, 11) is 1.59. The van der Waals surface area contributed by atoms with E-state index in [1.165, 1.54) is 6.08 Å². The molecule has 4 heteroatoms. The van der Waals surface area contributed by atoms with Crippen LogP contribution in [0, 0.1) is 0 Å². The number of methoxy groups -OCH3 is 1. The fraction of sp³-hybridized carbons (Fsp3) is 0.100. The molecule has 0 aromatic heterocycles. The number of rotatable bonds is 3. The maximum Gasteiger partial charge on any atom is 0.257 e. The Kier molecular flexibility index (Phi) is 3.69. The summed E-state index contributed by atoms with van der Waals surface area (Å²) >= 11 is 0. The summed E-state index contributed by atoms with van der Waals surface area (Å²) in [5.74, 6) is 5.33. The van der Waals surface area contributed by atoms with E-state index in [-0.39, 0.29) is 5.91 Å². The van der Waals surface area contributed by atoms with Crippen molar-refractivity contribution in [3.63, 3.8) is 0 Å². The van der Waals surface area contributed by atoms with Crippen molar-refractivity contribution in [3.8, 4) is 5.75 Å². The minimum Gasteiger partial charge on any atom is -0.497 e. The third kappa shape index (κ3) is 2.91. The maximum absolute atomic E-state index is 10.8. The number of nitrogens with two attached hydrogens (primary N) is 1. The van der Waals surface area contributed by atoms with Crippen LogP contribution < -0.4 is 16.0 Å². The number of nitrogens with one attached hydrogen (secondary N) is 1. The van der Waals surface area contributed by atoms with Crippen molar-refractivity contribution in [2.45, 2.75) is 0 Å². The predicted molar refractivity (Wildman–Crippen MR) is 54.4 cm³/mol. The molecule has 0 spiro atoms. The molecule has 4 nitrogen and oxygen atoms in total. The molecule has 0 heterocycles. The highest BCUT2D eigenvalue weighted by Crippen LogP contribution is 2.13. The highest BCUT2D eigenvalue weighted by molar-refractivity contribution is 5.91. The van der Waals surface area contributed by atoms with Crippen molar-refractivity contribution in [2.75, 3.05) is 7.11 Å². The van der Waals surface area contributed by atoms with Gasteiger partial charge in [-0.2, -0.15) is 0 Å². The number of carbonyl (C=O) groups excluding carboxylic acids is 1. The van der Waals surface area contributed by atoms with Gasteiger partial charge in [-0.1, -0.05) is 12.1 Å². The van der Waals surface area contributed by atoms with E-state index < -0.39 is 0 Å². The normalized spacial score (nSPS) is 10.1. The molecule has 0 saturated carbocycles. The lowest BCUT2D eigenvalue weighted by Crippen LogP contribution is -2.27. The Morgan fingerprint density at radius 1 is 1.57 bits per heavy atom. The van der Waals surface area contributed by atoms with Crippen molar-refractivity contribution in [3.05, 3.63) is 35.9 Å². The number of hydrogen-bond acceptors (Lipinski definition) is 3. The molecule has 1 aromatic rings. The second-order valence-electron chi connectivity index (χ2n) is 2.62. The molecule has 1 rings (SSSR count). The van der Waals surface area contributed by atoms with Crippen molar-refractivity contribution in [1.82, 2.24) is 5.43 Å². The second kappa shape index (κ2) is 5.04. The molecule has 0 aliphatic carbocycles. The van der Waals surface area contributed by atoms with Gasteiger partial charge in [0.25, 0.3) is 5.91 Å². The SMILES string of the molecule is COc1cccc(/C=C/C(=O)NN)c1. The molecule has 0 fully saturated rings. The van der Waals surface area contributed by atoms with Crippen LogP contribution in [0.2, 0.25) is 0 Å². The molecule has 0 aliphatic heterocycles. The fourth-order valence-electron chi connectivity index (χ4n) is 0.965. The molecule has 0 aliphatic rings. The van der Waals surface area contributed by atoms with Crippen molar-refractivity contribution >= 4 is 12.0 Å². The summed E-state index contributed by atoms with van der Waals surface area (Å²) in [5, 5.41) is 0. The molecule has 14 heavy (non-hydrogen) atoms. The van der Waals surface area contributed by atoms with Crippen molar-refractivity contribution < 1.29 is 9.53 Å². The number of ether oxygens (including phenoxy) is 1. The van der Waals surface area contributed by atoms with Crippen LogP contribution >= 0.6 is 0 Å². The Bertz CT molecular complexity index is 348. The number of benzene rings is 1. The summed E-state index contributed by atoms with van der Waals surface area (Å²) in [4.78, 5) is 10.8. The van der Waals surface area contributed by atoms with Crippen LogP contribution in [0.5, 0.6) is 5.75 Å². The van der Waals surface area contributed by atoms with Crippen LogP contribution in [0.15, 0.2) is 30.3 Å². The Labute approximate surface area is 82.3 Å². The standard InChI is InChI=1S/C10H12N2O2/c1-14-9-4-2-3-8(7-9)5-6-10(13)12-11/h2-7H,11H2,1H3,(H,12,13)/b6-5+. The topological polar surface area (TPSA) is 64.3 Å². The quantitative estimate of drug-likeness (QED) is 0.320. The lowest BCUT2D eigenvalue weighted by molar-refractivity contribution is -0.116. The summed E-state index contributed by atoms with van der Waals surface area (Å²) in [6.45, 7) is 0. The predicted octanol–water partition coefficient (Wildman–Crippen LogP) is 0.698. The molecule has 1 aromatic carbocycles. The van der Waals surface area contributed by atoms with Crippen LogP contribution in [0.25, 0.3) is 6.08 Å². The lowest BCUT2D eigenvalue weighted by Gasteiger charge is -1.99. The van der Waals surface area contributed by atoms with Crippen LogP contribution in [-0.4, -0.2) is 13.0 Å². The zero-order valence-corrected chi connectivity index (χ0v) is 7.86. The summed E-state index contributed by atoms with van der Waals surface area (Å²) in [6.07, 6.45) is 3.01. The largest absolute Gasteiger partial charge is 0.497 e. The zero-order valence-electron chi connectivity index (χ0n) is 7.86. The van der Waals surface area contributed by atoms with Crippen LogP contribution in [0.1, 0.15) is 5.56 Å². The maximum atomic E-state index is 10.8. The van der Waals surface area contributed by atoms with E-state index in [4.69, 9.17) is 10.6 Å². The van der Waals surface area contributed by atoms with Crippen LogP contribution in [0.3, 0.4) is 0 Å². The Hall–Kier alpha value is -1.81. The second-order valence-corrected chi connectivity index (χ2v) is 2.62. The first-order valence-electron chi connectivity index (χ1n) is 4.09. The monoisotopic (exact) mass is 192 g/mol. The first-order valence-corrected chi connectivity index (χ1v) is 4.09. The van der Waals surface area contributed by atoms with Gasteiger partial charge in [-0.15, -0.1) is 0 Å². The van der Waals surface area contributed by atoms with Crippen molar-refractivity contribution in [1.29, 1.82) is 0 Å². The first-order chi connectivity index (χ1) is 6.76. The molecule has 0 atom stereocenters. The summed E-state index contributed by atoms with van der Waals surface area (Å²) < 4.78 is 5.03. The van der Waals surface area contributed by atoms with E-state index in [9.17, 15) is 4.79 Å². The highest BCUT2D eigenvalue weighted by atomic mass is 16.5. The molecule has 0 saturated heterocycles. The number of hydrogen-bond donors (Lipinski definition) is 2. The smallest absolute Gasteiger partial charge is 0.257 e. The molecule has 1 amide bonds. The number of hydrazine groups is 1. The summed E-state index contributed by atoms with van der Waals surface area (Å²) in [5.41, 5.74) is 2.89. The Balaban J connectivity index is 2.76. The van der Waals surface area contributed by atoms with Gasteiger partial charge in [0.05, 0.1) is 7.11 Å². The first kappa shape index (κ1) is 10.3. The average Bonchev–Trinajstić information content (AvgIpc) is 2.26. The average molecular weight is 192 g/mol. The molecule has 3 N–H and O–H groups in total. The van der Waals surface area contributed by atoms with Gasteiger partial charge in [0.15, 0.2) is 0 Å². The molecular formula is C10H12N2O2. The molecule has 74 valence electrons. The number of amides is 1. The van der Waals surface area contributed by atoms with Gasteiger partial charge in [0, 0.05) is 6.08 Å². The van der Waals surface area contributed by atoms with Crippen LogP contribution in [-0.2, 0) is 4.79 Å². The minimum absolute atomic E-state index is 0.340. The third-order valence-electron chi connectivity index (χ3n) is 1.66. The molecule has 0 unspecified atom stereocenters. The Morgan fingerprint density at radius 3 is 3.00 bits per heavy atom. The van der Waals surface area contributed by atoms with E-state index in [2.05, 4.69) is 0 Å². The van der Waals surface area contributed by atoms with Crippen LogP contribution in [0.4, 0.5) is 0 Å². The molecular weight excluding hydrogens is 180 g/mol. The van der Waals surface area contributed by atoms with Gasteiger partial charge in [-0.25, -0.2) is 5.84 Å². The van der Waals surface area contributed by atoms with Gasteiger partial charge >= 0.3 is 0 Å². The van der Waals surface area contributed by atoms with Crippen molar-refractivity contribution in [2.24, 2.45) is 5.84 Å². The lowest BCUT2D eigenvalue weighted by atomic mass is 10.2. The highest BCUT2D eigenvalue weighted by Gasteiger charge is 1.93.